The molecule has 126 valence electrons. The number of piperidine rings is 1. The van der Waals surface area contributed by atoms with Gasteiger partial charge in [-0.05, 0) is 25.7 Å². The number of fused-ring (bicyclic) bond motifs is 1. The van der Waals surface area contributed by atoms with E-state index in [1.54, 1.807) is 0 Å². The Morgan fingerprint density at radius 2 is 2.26 bits per heavy atom. The number of amides is 1. The van der Waals surface area contributed by atoms with Gasteiger partial charge < -0.3 is 10.2 Å². The second kappa shape index (κ2) is 7.39. The van der Waals surface area contributed by atoms with E-state index in [4.69, 9.17) is 4.98 Å². The minimum Gasteiger partial charge on any atom is -0.342 e. The van der Waals surface area contributed by atoms with Crippen molar-refractivity contribution in [3.8, 4) is 0 Å². The molecule has 1 amide bonds. The third kappa shape index (κ3) is 3.55. The van der Waals surface area contributed by atoms with Gasteiger partial charge in [0.15, 0.2) is 0 Å². The van der Waals surface area contributed by atoms with Gasteiger partial charge in [-0.15, -0.1) is 0 Å². The molecule has 0 aliphatic carbocycles. The highest BCUT2D eigenvalue weighted by molar-refractivity contribution is 5.78. The minimum absolute atomic E-state index is 0.171. The standard InChI is InChI=1S/C18H28N4O/c1-3-13(4-2)18(23)22-9-5-6-14(12-22)17-20-11-15-10-19-8-7-16(15)21-17/h11,13-14,19H,3-10,12H2,1-2H3/t14-/m1/s1. The molecule has 0 radical (unpaired) electrons. The van der Waals surface area contributed by atoms with Gasteiger partial charge in [0.25, 0.3) is 0 Å². The topological polar surface area (TPSA) is 58.1 Å². The number of likely N-dealkylation sites (tertiary alicyclic amines) is 1. The fraction of sp³-hybridized carbons (Fsp3) is 0.722. The van der Waals surface area contributed by atoms with Crippen molar-refractivity contribution in [3.63, 3.8) is 0 Å². The van der Waals surface area contributed by atoms with Crippen LogP contribution < -0.4 is 5.32 Å². The summed E-state index contributed by atoms with van der Waals surface area (Å²) in [6.07, 6.45) is 6.96. The molecule has 1 aromatic heterocycles. The van der Waals surface area contributed by atoms with Gasteiger partial charge in [-0.2, -0.15) is 0 Å². The number of carbonyl (C=O) groups excluding carboxylic acids is 1. The molecule has 3 heterocycles. The first-order valence-corrected chi connectivity index (χ1v) is 9.07. The van der Waals surface area contributed by atoms with Crippen molar-refractivity contribution in [1.82, 2.24) is 20.2 Å². The van der Waals surface area contributed by atoms with Crippen molar-refractivity contribution in [2.45, 2.75) is 58.4 Å². The molecule has 1 N–H and O–H groups in total. The number of nitrogens with zero attached hydrogens (tertiary/aromatic N) is 3. The molecule has 23 heavy (non-hydrogen) atoms. The van der Waals surface area contributed by atoms with Crippen molar-refractivity contribution < 1.29 is 4.79 Å². The second-order valence-electron chi connectivity index (χ2n) is 6.76. The monoisotopic (exact) mass is 316 g/mol. The largest absolute Gasteiger partial charge is 0.342 e. The molecular weight excluding hydrogens is 288 g/mol. The van der Waals surface area contributed by atoms with E-state index in [0.717, 1.165) is 64.1 Å². The first-order chi connectivity index (χ1) is 11.2. The van der Waals surface area contributed by atoms with Crippen molar-refractivity contribution in [2.24, 2.45) is 5.92 Å². The Balaban J connectivity index is 1.72. The van der Waals surface area contributed by atoms with Gasteiger partial charge in [-0.25, -0.2) is 9.97 Å². The molecule has 1 fully saturated rings. The normalized spacial score (nSPS) is 21.3. The predicted molar refractivity (Wildman–Crippen MR) is 90.1 cm³/mol. The quantitative estimate of drug-likeness (QED) is 0.926. The van der Waals surface area contributed by atoms with Gasteiger partial charge in [0.05, 0.1) is 0 Å². The summed E-state index contributed by atoms with van der Waals surface area (Å²) in [6, 6.07) is 0. The zero-order chi connectivity index (χ0) is 16.2. The summed E-state index contributed by atoms with van der Waals surface area (Å²) in [7, 11) is 0. The maximum absolute atomic E-state index is 12.6. The zero-order valence-electron chi connectivity index (χ0n) is 14.3. The lowest BCUT2D eigenvalue weighted by molar-refractivity contribution is -0.137. The number of hydrogen-bond donors (Lipinski definition) is 1. The maximum Gasteiger partial charge on any atom is 0.225 e. The average Bonchev–Trinajstić information content (AvgIpc) is 2.62. The Kier molecular flexibility index (Phi) is 5.26. The van der Waals surface area contributed by atoms with Crippen LogP contribution in [0.15, 0.2) is 6.20 Å². The summed E-state index contributed by atoms with van der Waals surface area (Å²) in [6.45, 7) is 7.75. The minimum atomic E-state index is 0.171. The molecular formula is C18H28N4O. The molecule has 1 atom stereocenters. The lowest BCUT2D eigenvalue weighted by Crippen LogP contribution is -2.42. The predicted octanol–water partition coefficient (Wildman–Crippen LogP) is 2.26. The van der Waals surface area contributed by atoms with E-state index in [1.165, 1.54) is 11.3 Å². The highest BCUT2D eigenvalue weighted by atomic mass is 16.2. The third-order valence-corrected chi connectivity index (χ3v) is 5.26. The Bertz CT molecular complexity index is 556. The molecule has 0 aromatic carbocycles. The molecule has 2 aliphatic heterocycles. The average molecular weight is 316 g/mol. The fourth-order valence-electron chi connectivity index (χ4n) is 3.73. The fourth-order valence-corrected chi connectivity index (χ4v) is 3.73. The Hall–Kier alpha value is -1.49. The Morgan fingerprint density at radius 3 is 3.04 bits per heavy atom. The summed E-state index contributed by atoms with van der Waals surface area (Å²) < 4.78 is 0. The van der Waals surface area contributed by atoms with Crippen LogP contribution in [0.4, 0.5) is 0 Å². The van der Waals surface area contributed by atoms with Crippen LogP contribution in [0.3, 0.4) is 0 Å². The maximum atomic E-state index is 12.6. The van der Waals surface area contributed by atoms with Crippen LogP contribution in [0, 0.1) is 5.92 Å². The van der Waals surface area contributed by atoms with Crippen LogP contribution in [0.2, 0.25) is 0 Å². The van der Waals surface area contributed by atoms with E-state index in [2.05, 4.69) is 29.0 Å². The van der Waals surface area contributed by atoms with Crippen LogP contribution in [-0.2, 0) is 17.8 Å². The summed E-state index contributed by atoms with van der Waals surface area (Å²) in [5, 5.41) is 3.35. The highest BCUT2D eigenvalue weighted by Gasteiger charge is 2.29. The van der Waals surface area contributed by atoms with Gasteiger partial charge in [-0.1, -0.05) is 13.8 Å². The van der Waals surface area contributed by atoms with Crippen LogP contribution in [0.5, 0.6) is 0 Å². The van der Waals surface area contributed by atoms with Gasteiger partial charge in [0.1, 0.15) is 5.82 Å². The summed E-state index contributed by atoms with van der Waals surface area (Å²) in [5.41, 5.74) is 2.41. The zero-order valence-corrected chi connectivity index (χ0v) is 14.3. The molecule has 0 spiro atoms. The van der Waals surface area contributed by atoms with Gasteiger partial charge in [-0.3, -0.25) is 4.79 Å². The number of nitrogens with one attached hydrogen (secondary N) is 1. The molecule has 0 bridgehead atoms. The van der Waals surface area contributed by atoms with E-state index in [1.807, 2.05) is 6.20 Å². The van der Waals surface area contributed by atoms with Crippen LogP contribution in [0.1, 0.15) is 62.5 Å². The van der Waals surface area contributed by atoms with Crippen LogP contribution in [-0.4, -0.2) is 40.4 Å². The van der Waals surface area contributed by atoms with Crippen LogP contribution >= 0.6 is 0 Å². The first kappa shape index (κ1) is 16.4. The third-order valence-electron chi connectivity index (χ3n) is 5.26. The summed E-state index contributed by atoms with van der Waals surface area (Å²) in [5.74, 6) is 1.72. The number of carbonyl (C=O) groups is 1. The Labute approximate surface area is 138 Å². The van der Waals surface area contributed by atoms with Gasteiger partial charge in [0, 0.05) is 61.9 Å². The van der Waals surface area contributed by atoms with Crippen molar-refractivity contribution in [1.29, 1.82) is 0 Å². The van der Waals surface area contributed by atoms with Crippen molar-refractivity contribution in [2.75, 3.05) is 19.6 Å². The molecule has 0 unspecified atom stereocenters. The molecule has 1 aromatic rings. The molecule has 2 aliphatic rings. The summed E-state index contributed by atoms with van der Waals surface area (Å²) >= 11 is 0. The van der Waals surface area contributed by atoms with E-state index in [-0.39, 0.29) is 5.92 Å². The molecule has 1 saturated heterocycles. The van der Waals surface area contributed by atoms with Crippen molar-refractivity contribution in [3.05, 3.63) is 23.3 Å². The molecule has 3 rings (SSSR count). The SMILES string of the molecule is CCC(CC)C(=O)N1CCC[C@@H](c2ncc3c(n2)CCNC3)C1. The van der Waals surface area contributed by atoms with Crippen molar-refractivity contribution >= 4 is 5.91 Å². The number of hydrogen-bond acceptors (Lipinski definition) is 4. The lowest BCUT2D eigenvalue weighted by Gasteiger charge is -2.34. The molecule has 0 saturated carbocycles. The van der Waals surface area contributed by atoms with E-state index < -0.39 is 0 Å². The molecule has 5 nitrogen and oxygen atoms in total. The Morgan fingerprint density at radius 1 is 1.43 bits per heavy atom. The lowest BCUT2D eigenvalue weighted by atomic mass is 9.94. The van der Waals surface area contributed by atoms with E-state index in [0.29, 0.717) is 11.8 Å². The highest BCUT2D eigenvalue weighted by Crippen LogP contribution is 2.27. The van der Waals surface area contributed by atoms with Gasteiger partial charge >= 0.3 is 0 Å². The first-order valence-electron chi connectivity index (χ1n) is 9.07. The summed E-state index contributed by atoms with van der Waals surface area (Å²) in [4.78, 5) is 24.1. The number of rotatable bonds is 4. The number of aromatic nitrogens is 2. The second-order valence-corrected chi connectivity index (χ2v) is 6.76. The van der Waals surface area contributed by atoms with E-state index in [9.17, 15) is 4.79 Å². The van der Waals surface area contributed by atoms with Crippen LogP contribution in [0.25, 0.3) is 0 Å². The van der Waals surface area contributed by atoms with Gasteiger partial charge in [0.2, 0.25) is 5.91 Å². The molecule has 5 heteroatoms. The van der Waals surface area contributed by atoms with E-state index >= 15 is 0 Å². The smallest absolute Gasteiger partial charge is 0.225 e.